The van der Waals surface area contributed by atoms with Crippen molar-refractivity contribution >= 4 is 23.4 Å². The van der Waals surface area contributed by atoms with Crippen molar-refractivity contribution in [2.75, 3.05) is 18.4 Å². The fourth-order valence-electron chi connectivity index (χ4n) is 2.63. The van der Waals surface area contributed by atoms with E-state index in [1.165, 1.54) is 18.3 Å². The first-order valence-corrected chi connectivity index (χ1v) is 9.44. The van der Waals surface area contributed by atoms with Crippen molar-refractivity contribution < 1.29 is 18.0 Å². The van der Waals surface area contributed by atoms with Gasteiger partial charge in [-0.15, -0.1) is 0 Å². The van der Waals surface area contributed by atoms with Crippen LogP contribution in [0, 0.1) is 0 Å². The third kappa shape index (κ3) is 7.25. The molecule has 7 nitrogen and oxygen atoms in total. The van der Waals surface area contributed by atoms with Gasteiger partial charge in [0.25, 0.3) is 11.5 Å². The van der Waals surface area contributed by atoms with E-state index in [0.717, 1.165) is 6.42 Å². The molecule has 2 rings (SSSR count). The van der Waals surface area contributed by atoms with Crippen molar-refractivity contribution in [1.82, 2.24) is 15.6 Å². The molecule has 0 unspecified atom stereocenters. The quantitative estimate of drug-likeness (QED) is 0.416. The highest BCUT2D eigenvalue weighted by Gasteiger charge is 2.26. The van der Waals surface area contributed by atoms with Crippen LogP contribution >= 0.6 is 0 Å². The van der Waals surface area contributed by atoms with Gasteiger partial charge in [-0.25, -0.2) is 0 Å². The summed E-state index contributed by atoms with van der Waals surface area (Å²) in [6, 6.07) is 8.04. The average Bonchev–Trinajstić information content (AvgIpc) is 2.70. The fraction of sp³-hybridized carbons (Fsp3) is 0.238. The van der Waals surface area contributed by atoms with Gasteiger partial charge in [0, 0.05) is 29.7 Å². The predicted octanol–water partition coefficient (Wildman–Crippen LogP) is 3.01. The molecule has 0 atom stereocenters. The van der Waals surface area contributed by atoms with E-state index < -0.39 is 18.3 Å². The van der Waals surface area contributed by atoms with Crippen LogP contribution in [0.15, 0.2) is 53.7 Å². The van der Waals surface area contributed by atoms with E-state index in [4.69, 9.17) is 5.73 Å². The number of carbonyl (C=O) groups excluding carboxylic acids is 1. The minimum absolute atomic E-state index is 0.115. The molecule has 0 radical (unpaired) electrons. The summed E-state index contributed by atoms with van der Waals surface area (Å²) in [4.78, 5) is 26.8. The van der Waals surface area contributed by atoms with E-state index in [-0.39, 0.29) is 28.6 Å². The zero-order valence-corrected chi connectivity index (χ0v) is 16.9. The van der Waals surface area contributed by atoms with Gasteiger partial charge >= 0.3 is 6.18 Å². The third-order valence-electron chi connectivity index (χ3n) is 4.08. The van der Waals surface area contributed by atoms with Crippen molar-refractivity contribution in [3.63, 3.8) is 0 Å². The van der Waals surface area contributed by atoms with Crippen molar-refractivity contribution in [2.45, 2.75) is 19.5 Å². The van der Waals surface area contributed by atoms with E-state index in [0.29, 0.717) is 17.8 Å². The van der Waals surface area contributed by atoms with Crippen LogP contribution in [0.5, 0.6) is 0 Å². The smallest absolute Gasteiger partial charge is 0.386 e. The van der Waals surface area contributed by atoms with Crippen LogP contribution < -0.4 is 27.2 Å². The van der Waals surface area contributed by atoms with Crippen LogP contribution in [0.2, 0.25) is 0 Å². The highest BCUT2D eigenvalue weighted by atomic mass is 19.4. The number of nitrogens with two attached hydrogens (primary N) is 1. The number of nitrogens with one attached hydrogen (secondary N) is 4. The Labute approximate surface area is 177 Å². The maximum Gasteiger partial charge on any atom is 0.405 e. The molecule has 6 N–H and O–H groups in total. The number of amides is 1. The Balaban J connectivity index is 2.18. The number of pyridine rings is 1. The maximum absolute atomic E-state index is 12.4. The molecule has 0 spiro atoms. The van der Waals surface area contributed by atoms with Crippen LogP contribution in [-0.4, -0.2) is 30.2 Å². The van der Waals surface area contributed by atoms with Gasteiger partial charge in [0.1, 0.15) is 6.54 Å². The normalized spacial score (nSPS) is 11.7. The van der Waals surface area contributed by atoms with Gasteiger partial charge in [-0.05, 0) is 48.4 Å². The largest absolute Gasteiger partial charge is 0.405 e. The molecular formula is C21H24F3N5O2. The molecule has 1 heterocycles. The van der Waals surface area contributed by atoms with E-state index in [1.807, 2.05) is 6.92 Å². The standard InChI is InChI=1S/C21H24F3N5O2/c1-3-9-26-19(30)14-4-6-16(7-5-14)29-13(2)18-15(8-10-27-20(18)31)11-17(25)28-12-21(22,23)24/h4-8,10-11,28-29H,2-3,9,12,25H2,1H3,(H,26,30)(H,27,31)/b17-11+. The Morgan fingerprint density at radius 1 is 1.19 bits per heavy atom. The second-order valence-corrected chi connectivity index (χ2v) is 6.64. The van der Waals surface area contributed by atoms with Gasteiger partial charge in [-0.2, -0.15) is 13.2 Å². The zero-order chi connectivity index (χ0) is 23.0. The summed E-state index contributed by atoms with van der Waals surface area (Å²) in [5.41, 5.74) is 6.77. The van der Waals surface area contributed by atoms with Crippen molar-refractivity contribution in [2.24, 2.45) is 5.73 Å². The second kappa shape index (κ2) is 10.4. The summed E-state index contributed by atoms with van der Waals surface area (Å²) in [6.07, 6.45) is -1.03. The number of anilines is 1. The Morgan fingerprint density at radius 2 is 1.87 bits per heavy atom. The van der Waals surface area contributed by atoms with E-state index in [2.05, 4.69) is 27.5 Å². The summed E-state index contributed by atoms with van der Waals surface area (Å²) in [5, 5.41) is 7.78. The topological polar surface area (TPSA) is 112 Å². The van der Waals surface area contributed by atoms with Gasteiger partial charge in [-0.3, -0.25) is 9.59 Å². The molecule has 0 aliphatic carbocycles. The number of benzene rings is 1. The Morgan fingerprint density at radius 3 is 2.48 bits per heavy atom. The molecule has 0 saturated carbocycles. The lowest BCUT2D eigenvalue weighted by Crippen LogP contribution is -2.31. The molecule has 0 saturated heterocycles. The minimum Gasteiger partial charge on any atom is -0.386 e. The number of H-pyrrole nitrogens is 1. The van der Waals surface area contributed by atoms with Gasteiger partial charge in [0.15, 0.2) is 0 Å². The van der Waals surface area contributed by atoms with Gasteiger partial charge in [0.2, 0.25) is 0 Å². The molecule has 1 aromatic carbocycles. The first kappa shape index (κ1) is 23.6. The number of aromatic amines is 1. The number of hydrogen-bond donors (Lipinski definition) is 5. The minimum atomic E-state index is -4.43. The average molecular weight is 435 g/mol. The number of carbonyl (C=O) groups is 1. The molecule has 10 heteroatoms. The van der Waals surface area contributed by atoms with Crippen molar-refractivity contribution in [3.05, 3.63) is 76.0 Å². The number of aromatic nitrogens is 1. The van der Waals surface area contributed by atoms with E-state index >= 15 is 0 Å². The highest BCUT2D eigenvalue weighted by molar-refractivity contribution is 5.94. The molecule has 1 amide bonds. The Bertz CT molecular complexity index is 1010. The maximum atomic E-state index is 12.4. The first-order chi connectivity index (χ1) is 14.6. The van der Waals surface area contributed by atoms with Crippen molar-refractivity contribution in [3.8, 4) is 0 Å². The lowest BCUT2D eigenvalue weighted by molar-refractivity contribution is -0.123. The molecule has 0 aliphatic heterocycles. The lowest BCUT2D eigenvalue weighted by atomic mass is 10.1. The molecule has 0 fully saturated rings. The molecule has 1 aromatic heterocycles. The second-order valence-electron chi connectivity index (χ2n) is 6.64. The molecule has 166 valence electrons. The number of hydrogen-bond acceptors (Lipinski definition) is 5. The molecule has 2 aromatic rings. The molecular weight excluding hydrogens is 411 g/mol. The molecule has 0 bridgehead atoms. The van der Waals surface area contributed by atoms with Gasteiger partial charge < -0.3 is 26.7 Å². The van der Waals surface area contributed by atoms with Gasteiger partial charge in [-0.1, -0.05) is 13.5 Å². The Hall–Kier alpha value is -3.69. The first-order valence-electron chi connectivity index (χ1n) is 9.44. The SMILES string of the molecule is C=C(Nc1ccc(C(=O)NCCC)cc1)c1c(/C=C(\N)NCC(F)(F)F)cc[nH]c1=O. The highest BCUT2D eigenvalue weighted by Crippen LogP contribution is 2.20. The number of rotatable bonds is 9. The summed E-state index contributed by atoms with van der Waals surface area (Å²) in [5.74, 6) is -0.444. The van der Waals surface area contributed by atoms with Crippen LogP contribution in [0.25, 0.3) is 11.8 Å². The van der Waals surface area contributed by atoms with Crippen LogP contribution in [0.1, 0.15) is 34.8 Å². The number of halogens is 3. The van der Waals surface area contributed by atoms with E-state index in [9.17, 15) is 22.8 Å². The third-order valence-corrected chi connectivity index (χ3v) is 4.08. The summed E-state index contributed by atoms with van der Waals surface area (Å²) in [7, 11) is 0. The predicted molar refractivity (Wildman–Crippen MR) is 115 cm³/mol. The van der Waals surface area contributed by atoms with Crippen LogP contribution in [0.4, 0.5) is 18.9 Å². The molecule has 31 heavy (non-hydrogen) atoms. The van der Waals surface area contributed by atoms with Crippen LogP contribution in [-0.2, 0) is 0 Å². The van der Waals surface area contributed by atoms with Crippen molar-refractivity contribution in [1.29, 1.82) is 0 Å². The van der Waals surface area contributed by atoms with Gasteiger partial charge in [0.05, 0.1) is 11.4 Å². The summed E-state index contributed by atoms with van der Waals surface area (Å²) >= 11 is 0. The molecule has 0 aliphatic rings. The van der Waals surface area contributed by atoms with Crippen LogP contribution in [0.3, 0.4) is 0 Å². The summed E-state index contributed by atoms with van der Waals surface area (Å²) in [6.45, 7) is 5.08. The summed E-state index contributed by atoms with van der Waals surface area (Å²) < 4.78 is 37.1. The van der Waals surface area contributed by atoms with E-state index in [1.54, 1.807) is 24.3 Å². The lowest BCUT2D eigenvalue weighted by Gasteiger charge is -2.13. The fourth-order valence-corrected chi connectivity index (χ4v) is 2.63. The monoisotopic (exact) mass is 435 g/mol. The Kier molecular flexibility index (Phi) is 7.89. The number of alkyl halides is 3. The zero-order valence-electron chi connectivity index (χ0n) is 16.9.